The molecule has 0 amide bonds. The molecule has 1 aliphatic heterocycles. The third kappa shape index (κ3) is 4.65. The second-order valence-electron chi connectivity index (χ2n) is 6.31. The summed E-state index contributed by atoms with van der Waals surface area (Å²) in [7, 11) is 0. The zero-order valence-electron chi connectivity index (χ0n) is 14.0. The van der Waals surface area contributed by atoms with E-state index in [1.54, 1.807) is 12.1 Å². The van der Waals surface area contributed by atoms with Gasteiger partial charge in [-0.2, -0.15) is 0 Å². The van der Waals surface area contributed by atoms with E-state index in [9.17, 15) is 14.3 Å². The molecule has 1 saturated heterocycles. The van der Waals surface area contributed by atoms with Crippen LogP contribution in [0.3, 0.4) is 0 Å². The minimum absolute atomic E-state index is 0.110. The predicted molar refractivity (Wildman–Crippen MR) is 92.2 cm³/mol. The average Bonchev–Trinajstić information content (AvgIpc) is 2.64. The summed E-state index contributed by atoms with van der Waals surface area (Å²) in [4.78, 5) is 14.8. The lowest BCUT2D eigenvalue weighted by molar-refractivity contribution is -0.152. The van der Waals surface area contributed by atoms with Crippen molar-refractivity contribution < 1.29 is 19.0 Å². The van der Waals surface area contributed by atoms with E-state index < -0.39 is 6.04 Å². The third-order valence-electron chi connectivity index (χ3n) is 4.50. The summed E-state index contributed by atoms with van der Waals surface area (Å²) in [5.41, 5.74) is 1.62. The molecule has 0 bridgehead atoms. The van der Waals surface area contributed by atoms with Gasteiger partial charge in [-0.3, -0.25) is 4.90 Å². The van der Waals surface area contributed by atoms with Gasteiger partial charge in [0.15, 0.2) is 0 Å². The quantitative estimate of drug-likeness (QED) is 0.848. The van der Waals surface area contributed by atoms with E-state index in [2.05, 4.69) is 4.90 Å². The van der Waals surface area contributed by atoms with Crippen LogP contribution in [0.2, 0.25) is 0 Å². The average molecular weight is 343 g/mol. The Morgan fingerprint density at radius 3 is 2.40 bits per heavy atom. The van der Waals surface area contributed by atoms with E-state index in [1.165, 1.54) is 12.1 Å². The topological polar surface area (TPSA) is 49.8 Å². The molecule has 2 aromatic rings. The number of carbonyl (C=O) groups is 1. The van der Waals surface area contributed by atoms with E-state index in [1.807, 2.05) is 30.3 Å². The number of nitrogens with zero attached hydrogens (tertiary/aromatic N) is 1. The number of carbonyl (C=O) groups excluding carboxylic acids is 1. The lowest BCUT2D eigenvalue weighted by Gasteiger charge is -2.35. The number of hydrogen-bond acceptors (Lipinski definition) is 4. The first-order valence-corrected chi connectivity index (χ1v) is 8.51. The number of aliphatic hydroxyl groups is 1. The van der Waals surface area contributed by atoms with Gasteiger partial charge in [0.05, 0.1) is 6.10 Å². The Balaban J connectivity index is 1.71. The van der Waals surface area contributed by atoms with E-state index >= 15 is 0 Å². The number of ether oxygens (including phenoxy) is 1. The summed E-state index contributed by atoms with van der Waals surface area (Å²) in [5, 5.41) is 9.72. The fourth-order valence-electron chi connectivity index (χ4n) is 3.09. The summed E-state index contributed by atoms with van der Waals surface area (Å²) in [5.74, 6) is -0.643. The SMILES string of the molecule is O=C(OCc1ccc(F)cc1)C(c1ccccc1)N1CCC(O)CC1. The second-order valence-corrected chi connectivity index (χ2v) is 6.31. The first-order chi connectivity index (χ1) is 12.1. The lowest BCUT2D eigenvalue weighted by atomic mass is 10.0. The Kier molecular flexibility index (Phi) is 5.79. The Labute approximate surface area is 146 Å². The molecule has 3 rings (SSSR count). The van der Waals surface area contributed by atoms with Crippen LogP contribution in [0.5, 0.6) is 0 Å². The number of aliphatic hydroxyl groups excluding tert-OH is 1. The van der Waals surface area contributed by atoms with Crippen molar-refractivity contribution in [2.24, 2.45) is 0 Å². The smallest absolute Gasteiger partial charge is 0.328 e. The van der Waals surface area contributed by atoms with Gasteiger partial charge in [-0.25, -0.2) is 9.18 Å². The Hall–Kier alpha value is -2.24. The monoisotopic (exact) mass is 343 g/mol. The maximum Gasteiger partial charge on any atom is 0.328 e. The molecular weight excluding hydrogens is 321 g/mol. The van der Waals surface area contributed by atoms with E-state index in [4.69, 9.17) is 4.74 Å². The molecule has 0 radical (unpaired) electrons. The molecule has 1 N–H and O–H groups in total. The van der Waals surface area contributed by atoms with Gasteiger partial charge >= 0.3 is 5.97 Å². The minimum Gasteiger partial charge on any atom is -0.459 e. The lowest BCUT2D eigenvalue weighted by Crippen LogP contribution is -2.42. The minimum atomic E-state index is -0.492. The van der Waals surface area contributed by atoms with Crippen molar-refractivity contribution in [2.45, 2.75) is 31.6 Å². The summed E-state index contributed by atoms with van der Waals surface area (Å²) >= 11 is 0. The highest BCUT2D eigenvalue weighted by Gasteiger charge is 2.31. The standard InChI is InChI=1S/C20H22FNO3/c21-17-8-6-15(7-9-17)14-25-20(24)19(16-4-2-1-3-5-16)22-12-10-18(23)11-13-22/h1-9,18-19,23H,10-14H2. The van der Waals surface area contributed by atoms with Gasteiger partial charge in [0.1, 0.15) is 18.5 Å². The second kappa shape index (κ2) is 8.23. The highest BCUT2D eigenvalue weighted by Crippen LogP contribution is 2.26. The number of likely N-dealkylation sites (tertiary alicyclic amines) is 1. The van der Waals surface area contributed by atoms with E-state index in [-0.39, 0.29) is 24.5 Å². The first-order valence-electron chi connectivity index (χ1n) is 8.51. The Morgan fingerprint density at radius 2 is 1.76 bits per heavy atom. The van der Waals surface area contributed by atoms with Gasteiger partial charge in [0, 0.05) is 13.1 Å². The van der Waals surface area contributed by atoms with Crippen molar-refractivity contribution >= 4 is 5.97 Å². The highest BCUT2D eigenvalue weighted by molar-refractivity contribution is 5.77. The van der Waals surface area contributed by atoms with Crippen molar-refractivity contribution in [1.29, 1.82) is 0 Å². The fraction of sp³-hybridized carbons (Fsp3) is 0.350. The number of rotatable bonds is 5. The van der Waals surface area contributed by atoms with Crippen LogP contribution >= 0.6 is 0 Å². The van der Waals surface area contributed by atoms with Gasteiger partial charge in [-0.15, -0.1) is 0 Å². The summed E-state index contributed by atoms with van der Waals surface area (Å²) < 4.78 is 18.5. The molecule has 4 nitrogen and oxygen atoms in total. The van der Waals surface area contributed by atoms with Gasteiger partial charge < -0.3 is 9.84 Å². The number of hydrogen-bond donors (Lipinski definition) is 1. The van der Waals surface area contributed by atoms with Crippen LogP contribution in [0.25, 0.3) is 0 Å². The van der Waals surface area contributed by atoms with Crippen LogP contribution in [-0.4, -0.2) is 35.2 Å². The molecule has 0 spiro atoms. The Bertz CT molecular complexity index is 682. The van der Waals surface area contributed by atoms with Crippen molar-refractivity contribution in [3.8, 4) is 0 Å². The summed E-state index contributed by atoms with van der Waals surface area (Å²) in [6, 6.07) is 15.0. The number of esters is 1. The zero-order chi connectivity index (χ0) is 17.6. The molecule has 1 unspecified atom stereocenters. The van der Waals surface area contributed by atoms with Gasteiger partial charge in [-0.1, -0.05) is 42.5 Å². The van der Waals surface area contributed by atoms with Crippen LogP contribution in [0.1, 0.15) is 30.0 Å². The summed E-state index contributed by atoms with van der Waals surface area (Å²) in [6.45, 7) is 1.40. The van der Waals surface area contributed by atoms with Crippen LogP contribution in [0.15, 0.2) is 54.6 Å². The molecular formula is C20H22FNO3. The summed E-state index contributed by atoms with van der Waals surface area (Å²) in [6.07, 6.45) is 0.992. The molecule has 25 heavy (non-hydrogen) atoms. The zero-order valence-corrected chi connectivity index (χ0v) is 14.0. The van der Waals surface area contributed by atoms with Crippen LogP contribution in [0.4, 0.5) is 4.39 Å². The van der Waals surface area contributed by atoms with E-state index in [0.717, 1.165) is 11.1 Å². The maximum absolute atomic E-state index is 13.0. The molecule has 0 aliphatic carbocycles. The van der Waals surface area contributed by atoms with Crippen molar-refractivity contribution in [3.05, 3.63) is 71.5 Å². The van der Waals surface area contributed by atoms with Crippen LogP contribution in [0, 0.1) is 5.82 Å². The Morgan fingerprint density at radius 1 is 1.12 bits per heavy atom. The fourth-order valence-corrected chi connectivity index (χ4v) is 3.09. The van der Waals surface area contributed by atoms with Crippen LogP contribution in [-0.2, 0) is 16.1 Å². The molecule has 1 atom stereocenters. The molecule has 0 aromatic heterocycles. The highest BCUT2D eigenvalue weighted by atomic mass is 19.1. The molecule has 5 heteroatoms. The predicted octanol–water partition coefficient (Wildman–Crippen LogP) is 3.07. The number of benzene rings is 2. The normalized spacial score (nSPS) is 17.2. The largest absolute Gasteiger partial charge is 0.459 e. The number of piperidine rings is 1. The molecule has 1 aliphatic rings. The molecule has 132 valence electrons. The third-order valence-corrected chi connectivity index (χ3v) is 4.50. The van der Waals surface area contributed by atoms with Crippen molar-refractivity contribution in [2.75, 3.05) is 13.1 Å². The molecule has 0 saturated carbocycles. The first kappa shape index (κ1) is 17.6. The van der Waals surface area contributed by atoms with Gasteiger partial charge in [-0.05, 0) is 36.1 Å². The maximum atomic E-state index is 13.0. The molecule has 1 fully saturated rings. The van der Waals surface area contributed by atoms with Gasteiger partial charge in [0.2, 0.25) is 0 Å². The van der Waals surface area contributed by atoms with Crippen molar-refractivity contribution in [1.82, 2.24) is 4.90 Å². The van der Waals surface area contributed by atoms with Gasteiger partial charge in [0.25, 0.3) is 0 Å². The van der Waals surface area contributed by atoms with Crippen LogP contribution < -0.4 is 0 Å². The molecule has 1 heterocycles. The van der Waals surface area contributed by atoms with E-state index in [0.29, 0.717) is 25.9 Å². The molecule has 2 aromatic carbocycles. The number of halogens is 1. The van der Waals surface area contributed by atoms with Crippen molar-refractivity contribution in [3.63, 3.8) is 0 Å².